The molecule has 0 saturated carbocycles. The van der Waals surface area contributed by atoms with Crippen LogP contribution in [-0.2, 0) is 21.4 Å². The molecule has 3 rings (SSSR count). The molecule has 2 aromatic rings. The number of hydrogen-bond acceptors (Lipinski definition) is 4. The van der Waals surface area contributed by atoms with E-state index in [0.717, 1.165) is 24.0 Å². The third-order valence-electron chi connectivity index (χ3n) is 5.34. The van der Waals surface area contributed by atoms with Crippen molar-refractivity contribution in [1.82, 2.24) is 5.32 Å². The first-order valence-corrected chi connectivity index (χ1v) is 9.38. The Bertz CT molecular complexity index is 801. The van der Waals surface area contributed by atoms with Gasteiger partial charge in [-0.2, -0.15) is 0 Å². The van der Waals surface area contributed by atoms with Gasteiger partial charge in [-0.15, -0.1) is 0 Å². The number of carbonyl (C=O) groups excluding carboxylic acids is 1. The highest BCUT2D eigenvalue weighted by molar-refractivity contribution is 5.79. The molecule has 1 N–H and O–H groups in total. The molecule has 150 valence electrons. The summed E-state index contributed by atoms with van der Waals surface area (Å²) in [6.07, 6.45) is 1.82. The van der Waals surface area contributed by atoms with Crippen LogP contribution in [0, 0.1) is 5.82 Å². The van der Waals surface area contributed by atoms with Gasteiger partial charge in [-0.1, -0.05) is 18.2 Å². The Kier molecular flexibility index (Phi) is 6.52. The maximum Gasteiger partial charge on any atom is 0.224 e. The summed E-state index contributed by atoms with van der Waals surface area (Å²) < 4.78 is 29.4. The predicted octanol–water partition coefficient (Wildman–Crippen LogP) is 3.25. The average molecular weight is 387 g/mol. The number of amides is 1. The van der Waals surface area contributed by atoms with Crippen LogP contribution in [0.5, 0.6) is 11.5 Å². The fraction of sp³-hybridized carbons (Fsp3) is 0.409. The Morgan fingerprint density at radius 2 is 1.75 bits per heavy atom. The van der Waals surface area contributed by atoms with Gasteiger partial charge in [0.05, 0.1) is 20.6 Å². The topological polar surface area (TPSA) is 56.8 Å². The molecule has 0 radical (unpaired) electrons. The van der Waals surface area contributed by atoms with E-state index < -0.39 is 0 Å². The zero-order chi connectivity index (χ0) is 20.0. The number of carbonyl (C=O) groups is 1. The number of hydrogen-bond donors (Lipinski definition) is 1. The van der Waals surface area contributed by atoms with E-state index in [9.17, 15) is 9.18 Å². The monoisotopic (exact) mass is 387 g/mol. The molecule has 2 aromatic carbocycles. The standard InChI is InChI=1S/C22H26FNO4/c1-26-19-8-3-16(13-20(19)27-2)14-21(25)24-15-22(9-11-28-12-10-22)17-4-6-18(23)7-5-17/h3-8,13H,9-12,14-15H2,1-2H3,(H,24,25). The van der Waals surface area contributed by atoms with Crippen molar-refractivity contribution in [2.45, 2.75) is 24.7 Å². The third kappa shape index (κ3) is 4.62. The molecule has 1 amide bonds. The van der Waals surface area contributed by atoms with E-state index >= 15 is 0 Å². The van der Waals surface area contributed by atoms with E-state index in [1.807, 2.05) is 12.1 Å². The number of nitrogens with one attached hydrogen (secondary N) is 1. The molecule has 0 aliphatic carbocycles. The van der Waals surface area contributed by atoms with Gasteiger partial charge in [-0.3, -0.25) is 4.79 Å². The van der Waals surface area contributed by atoms with E-state index in [2.05, 4.69) is 5.32 Å². The molecule has 28 heavy (non-hydrogen) atoms. The van der Waals surface area contributed by atoms with Gasteiger partial charge >= 0.3 is 0 Å². The molecular weight excluding hydrogens is 361 g/mol. The number of benzene rings is 2. The van der Waals surface area contributed by atoms with Crippen molar-refractivity contribution in [3.05, 3.63) is 59.4 Å². The molecule has 1 fully saturated rings. The van der Waals surface area contributed by atoms with Gasteiger partial charge in [-0.05, 0) is 48.2 Å². The van der Waals surface area contributed by atoms with Gasteiger partial charge in [0.25, 0.3) is 0 Å². The Hall–Kier alpha value is -2.60. The van der Waals surface area contributed by atoms with Crippen LogP contribution in [0.25, 0.3) is 0 Å². The maximum absolute atomic E-state index is 13.3. The van der Waals surface area contributed by atoms with Crippen molar-refractivity contribution >= 4 is 5.91 Å². The Balaban J connectivity index is 1.68. The highest BCUT2D eigenvalue weighted by Crippen LogP contribution is 2.34. The summed E-state index contributed by atoms with van der Waals surface area (Å²) in [5, 5.41) is 3.06. The number of methoxy groups -OCH3 is 2. The predicted molar refractivity (Wildman–Crippen MR) is 104 cm³/mol. The minimum Gasteiger partial charge on any atom is -0.493 e. The van der Waals surface area contributed by atoms with Crippen LogP contribution in [0.4, 0.5) is 4.39 Å². The van der Waals surface area contributed by atoms with E-state index in [-0.39, 0.29) is 23.6 Å². The van der Waals surface area contributed by atoms with Crippen molar-refractivity contribution in [3.8, 4) is 11.5 Å². The minimum absolute atomic E-state index is 0.0693. The lowest BCUT2D eigenvalue weighted by Crippen LogP contribution is -2.45. The quantitative estimate of drug-likeness (QED) is 0.792. The van der Waals surface area contributed by atoms with E-state index in [1.165, 1.54) is 12.1 Å². The van der Waals surface area contributed by atoms with Gasteiger partial charge in [0.2, 0.25) is 5.91 Å². The summed E-state index contributed by atoms with van der Waals surface area (Å²) in [5.41, 5.74) is 1.64. The second kappa shape index (κ2) is 9.06. The summed E-state index contributed by atoms with van der Waals surface area (Å²) in [6, 6.07) is 12.0. The molecule has 0 bridgehead atoms. The normalized spacial score (nSPS) is 15.7. The smallest absolute Gasteiger partial charge is 0.224 e. The molecule has 1 saturated heterocycles. The first-order valence-electron chi connectivity index (χ1n) is 9.38. The molecule has 5 nitrogen and oxygen atoms in total. The SMILES string of the molecule is COc1ccc(CC(=O)NCC2(c3ccc(F)cc3)CCOCC2)cc1OC. The molecule has 6 heteroatoms. The largest absolute Gasteiger partial charge is 0.493 e. The zero-order valence-corrected chi connectivity index (χ0v) is 16.3. The molecule has 1 aliphatic heterocycles. The van der Waals surface area contributed by atoms with Gasteiger partial charge in [0.1, 0.15) is 5.82 Å². The van der Waals surface area contributed by atoms with Crippen molar-refractivity contribution in [3.63, 3.8) is 0 Å². The molecule has 1 heterocycles. The fourth-order valence-corrected chi connectivity index (χ4v) is 3.64. The minimum atomic E-state index is -0.261. The molecule has 1 aliphatic rings. The highest BCUT2D eigenvalue weighted by atomic mass is 19.1. The summed E-state index contributed by atoms with van der Waals surface area (Å²) in [4.78, 5) is 12.6. The first kappa shape index (κ1) is 20.1. The maximum atomic E-state index is 13.3. The Labute approximate surface area is 164 Å². The summed E-state index contributed by atoms with van der Waals surface area (Å²) in [7, 11) is 3.15. The van der Waals surface area contributed by atoms with Gasteiger partial charge < -0.3 is 19.5 Å². The van der Waals surface area contributed by atoms with E-state index in [0.29, 0.717) is 31.3 Å². The third-order valence-corrected chi connectivity index (χ3v) is 5.34. The Morgan fingerprint density at radius 3 is 2.39 bits per heavy atom. The lowest BCUT2D eigenvalue weighted by molar-refractivity contribution is -0.120. The summed E-state index contributed by atoms with van der Waals surface area (Å²) in [5.74, 6) is 0.896. The van der Waals surface area contributed by atoms with E-state index in [4.69, 9.17) is 14.2 Å². The van der Waals surface area contributed by atoms with Crippen LogP contribution in [0.2, 0.25) is 0 Å². The van der Waals surface area contributed by atoms with Crippen molar-refractivity contribution in [1.29, 1.82) is 0 Å². The first-order chi connectivity index (χ1) is 13.6. The van der Waals surface area contributed by atoms with Gasteiger partial charge in [0.15, 0.2) is 11.5 Å². The van der Waals surface area contributed by atoms with Gasteiger partial charge in [-0.25, -0.2) is 4.39 Å². The van der Waals surface area contributed by atoms with Crippen molar-refractivity contribution in [2.24, 2.45) is 0 Å². The summed E-state index contributed by atoms with van der Waals surface area (Å²) >= 11 is 0. The lowest BCUT2D eigenvalue weighted by atomic mass is 9.74. The molecule has 0 spiro atoms. The van der Waals surface area contributed by atoms with Gasteiger partial charge in [0, 0.05) is 25.2 Å². The van der Waals surface area contributed by atoms with Crippen LogP contribution in [0.15, 0.2) is 42.5 Å². The number of halogens is 1. The molecule has 0 unspecified atom stereocenters. The zero-order valence-electron chi connectivity index (χ0n) is 16.3. The Morgan fingerprint density at radius 1 is 1.07 bits per heavy atom. The van der Waals surface area contributed by atoms with E-state index in [1.54, 1.807) is 32.4 Å². The average Bonchev–Trinajstić information content (AvgIpc) is 2.73. The highest BCUT2D eigenvalue weighted by Gasteiger charge is 2.34. The molecule has 0 atom stereocenters. The van der Waals surface area contributed by atoms with Crippen LogP contribution < -0.4 is 14.8 Å². The van der Waals surface area contributed by atoms with Crippen LogP contribution in [0.3, 0.4) is 0 Å². The second-order valence-electron chi connectivity index (χ2n) is 7.04. The molecule has 0 aromatic heterocycles. The van der Waals surface area contributed by atoms with Crippen molar-refractivity contribution < 1.29 is 23.4 Å². The number of ether oxygens (including phenoxy) is 3. The number of rotatable bonds is 7. The van der Waals surface area contributed by atoms with Crippen LogP contribution in [0.1, 0.15) is 24.0 Å². The summed E-state index contributed by atoms with van der Waals surface area (Å²) in [6.45, 7) is 1.75. The second-order valence-corrected chi connectivity index (χ2v) is 7.04. The van der Waals surface area contributed by atoms with Crippen molar-refractivity contribution in [2.75, 3.05) is 34.0 Å². The van der Waals surface area contributed by atoms with Crippen LogP contribution in [-0.4, -0.2) is 39.9 Å². The van der Waals surface area contributed by atoms with Crippen LogP contribution >= 0.6 is 0 Å². The fourth-order valence-electron chi connectivity index (χ4n) is 3.64. The lowest BCUT2D eigenvalue weighted by Gasteiger charge is -2.38. The molecular formula is C22H26FNO4.